The van der Waals surface area contributed by atoms with Crippen LogP contribution >= 0.6 is 12.6 Å². The maximum absolute atomic E-state index is 11.4. The van der Waals surface area contributed by atoms with Gasteiger partial charge in [0.1, 0.15) is 0 Å². The van der Waals surface area contributed by atoms with Crippen LogP contribution in [-0.4, -0.2) is 30.4 Å². The third-order valence-electron chi connectivity index (χ3n) is 2.72. The molecular weight excluding hydrogens is 198 g/mol. The van der Waals surface area contributed by atoms with E-state index in [0.29, 0.717) is 5.92 Å². The number of hydrogen-bond donors (Lipinski definition) is 2. The second-order valence-corrected chi connectivity index (χ2v) is 4.70. The standard InChI is InChI=1S/C10H19NO2S/c1-7(11-10(12)8(2)14)9-3-5-13-6-4-9/h7-9,14H,3-6H2,1-2H3,(H,11,12). The molecule has 82 valence electrons. The van der Waals surface area contributed by atoms with Crippen molar-refractivity contribution in [3.05, 3.63) is 0 Å². The van der Waals surface area contributed by atoms with Crippen LogP contribution in [0.25, 0.3) is 0 Å². The summed E-state index contributed by atoms with van der Waals surface area (Å²) in [4.78, 5) is 11.4. The van der Waals surface area contributed by atoms with Crippen LogP contribution in [0.4, 0.5) is 0 Å². The lowest BCUT2D eigenvalue weighted by atomic mass is 9.93. The first-order chi connectivity index (χ1) is 6.61. The Labute approximate surface area is 91.0 Å². The minimum Gasteiger partial charge on any atom is -0.381 e. The summed E-state index contributed by atoms with van der Waals surface area (Å²) in [5, 5.41) is 2.75. The summed E-state index contributed by atoms with van der Waals surface area (Å²) in [7, 11) is 0. The summed E-state index contributed by atoms with van der Waals surface area (Å²) in [5.41, 5.74) is 0. The molecule has 3 nitrogen and oxygen atoms in total. The van der Waals surface area contributed by atoms with E-state index < -0.39 is 0 Å². The number of nitrogens with one attached hydrogen (secondary N) is 1. The van der Waals surface area contributed by atoms with Crippen LogP contribution in [0.5, 0.6) is 0 Å². The topological polar surface area (TPSA) is 38.3 Å². The second-order valence-electron chi connectivity index (χ2n) is 3.92. The van der Waals surface area contributed by atoms with E-state index in [1.54, 1.807) is 6.92 Å². The number of amides is 1. The van der Waals surface area contributed by atoms with Crippen molar-refractivity contribution in [2.24, 2.45) is 5.92 Å². The molecule has 0 saturated carbocycles. The number of hydrogen-bond acceptors (Lipinski definition) is 3. The fourth-order valence-electron chi connectivity index (χ4n) is 1.68. The van der Waals surface area contributed by atoms with Crippen LogP contribution < -0.4 is 5.32 Å². The molecule has 1 heterocycles. The minimum absolute atomic E-state index is 0.0207. The maximum Gasteiger partial charge on any atom is 0.232 e. The second kappa shape index (κ2) is 5.61. The number of rotatable bonds is 3. The van der Waals surface area contributed by atoms with Crippen LogP contribution in [0, 0.1) is 5.92 Å². The lowest BCUT2D eigenvalue weighted by Crippen LogP contribution is -2.42. The summed E-state index contributed by atoms with van der Waals surface area (Å²) in [6.45, 7) is 5.49. The summed E-state index contributed by atoms with van der Waals surface area (Å²) in [6, 6.07) is 0.237. The van der Waals surface area contributed by atoms with E-state index in [9.17, 15) is 4.79 Å². The van der Waals surface area contributed by atoms with E-state index in [1.165, 1.54) is 0 Å². The highest BCUT2D eigenvalue weighted by Gasteiger charge is 2.22. The quantitative estimate of drug-likeness (QED) is 0.698. The molecule has 1 aliphatic rings. The van der Waals surface area contributed by atoms with Gasteiger partial charge in [-0.2, -0.15) is 12.6 Å². The monoisotopic (exact) mass is 217 g/mol. The zero-order chi connectivity index (χ0) is 10.6. The van der Waals surface area contributed by atoms with Gasteiger partial charge in [0.25, 0.3) is 0 Å². The number of ether oxygens (including phenoxy) is 1. The van der Waals surface area contributed by atoms with Gasteiger partial charge in [0.05, 0.1) is 5.25 Å². The number of carbonyl (C=O) groups is 1. The van der Waals surface area contributed by atoms with Gasteiger partial charge >= 0.3 is 0 Å². The molecule has 1 rings (SSSR count). The van der Waals surface area contributed by atoms with Crippen LogP contribution in [0.1, 0.15) is 26.7 Å². The van der Waals surface area contributed by atoms with Gasteiger partial charge in [-0.3, -0.25) is 4.79 Å². The molecule has 0 aromatic carbocycles. The van der Waals surface area contributed by atoms with E-state index in [0.717, 1.165) is 26.1 Å². The zero-order valence-corrected chi connectivity index (χ0v) is 9.72. The normalized spacial score (nSPS) is 22.8. The Morgan fingerprint density at radius 3 is 2.50 bits per heavy atom. The molecule has 1 amide bonds. The molecular formula is C10H19NO2S. The Morgan fingerprint density at radius 1 is 1.43 bits per heavy atom. The maximum atomic E-state index is 11.4. The molecule has 1 fully saturated rings. The Hall–Kier alpha value is -0.220. The fourth-order valence-corrected chi connectivity index (χ4v) is 1.75. The van der Waals surface area contributed by atoms with Crippen LogP contribution in [0.2, 0.25) is 0 Å². The number of thiol groups is 1. The van der Waals surface area contributed by atoms with Crippen molar-refractivity contribution in [1.82, 2.24) is 5.32 Å². The molecule has 0 aromatic rings. The first-order valence-electron chi connectivity index (χ1n) is 5.17. The largest absolute Gasteiger partial charge is 0.381 e. The van der Waals surface area contributed by atoms with Gasteiger partial charge in [-0.15, -0.1) is 0 Å². The lowest BCUT2D eigenvalue weighted by Gasteiger charge is -2.28. The van der Waals surface area contributed by atoms with E-state index >= 15 is 0 Å². The van der Waals surface area contributed by atoms with Crippen molar-refractivity contribution < 1.29 is 9.53 Å². The van der Waals surface area contributed by atoms with Gasteiger partial charge in [-0.05, 0) is 32.6 Å². The Kier molecular flexibility index (Phi) is 4.75. The third kappa shape index (κ3) is 3.50. The minimum atomic E-state index is -0.225. The summed E-state index contributed by atoms with van der Waals surface area (Å²) in [5.74, 6) is 0.576. The van der Waals surface area contributed by atoms with Gasteiger partial charge in [-0.25, -0.2) is 0 Å². The van der Waals surface area contributed by atoms with Crippen molar-refractivity contribution in [2.45, 2.75) is 38.0 Å². The van der Waals surface area contributed by atoms with Crippen LogP contribution in [0.3, 0.4) is 0 Å². The summed E-state index contributed by atoms with van der Waals surface area (Å²) >= 11 is 4.09. The average molecular weight is 217 g/mol. The SMILES string of the molecule is CC(S)C(=O)NC(C)C1CCOCC1. The highest BCUT2D eigenvalue weighted by molar-refractivity contribution is 7.81. The lowest BCUT2D eigenvalue weighted by molar-refractivity contribution is -0.121. The molecule has 2 unspecified atom stereocenters. The molecule has 1 aliphatic heterocycles. The van der Waals surface area contributed by atoms with Gasteiger partial charge < -0.3 is 10.1 Å². The van der Waals surface area contributed by atoms with Crippen LogP contribution in [-0.2, 0) is 9.53 Å². The molecule has 0 aromatic heterocycles. The van der Waals surface area contributed by atoms with Crippen molar-refractivity contribution in [1.29, 1.82) is 0 Å². The van der Waals surface area contributed by atoms with E-state index in [-0.39, 0.29) is 17.2 Å². The van der Waals surface area contributed by atoms with E-state index in [1.807, 2.05) is 0 Å². The molecule has 1 N–H and O–H groups in total. The number of carbonyl (C=O) groups excluding carboxylic acids is 1. The Bertz CT molecular complexity index is 191. The van der Waals surface area contributed by atoms with Gasteiger partial charge in [0, 0.05) is 19.3 Å². The van der Waals surface area contributed by atoms with Gasteiger partial charge in [0.15, 0.2) is 0 Å². The predicted molar refractivity (Wildman–Crippen MR) is 59.6 cm³/mol. The van der Waals surface area contributed by atoms with E-state index in [4.69, 9.17) is 4.74 Å². The highest BCUT2D eigenvalue weighted by Crippen LogP contribution is 2.18. The van der Waals surface area contributed by atoms with Gasteiger partial charge in [0.2, 0.25) is 5.91 Å². The summed E-state index contributed by atoms with van der Waals surface area (Å²) in [6.07, 6.45) is 2.09. The average Bonchev–Trinajstić information content (AvgIpc) is 2.19. The molecule has 1 saturated heterocycles. The van der Waals surface area contributed by atoms with Crippen LogP contribution in [0.15, 0.2) is 0 Å². The van der Waals surface area contributed by atoms with Crippen molar-refractivity contribution >= 4 is 18.5 Å². The highest BCUT2D eigenvalue weighted by atomic mass is 32.1. The third-order valence-corrected chi connectivity index (χ3v) is 2.96. The molecule has 0 aliphatic carbocycles. The molecule has 0 spiro atoms. The molecule has 0 radical (unpaired) electrons. The van der Waals surface area contributed by atoms with Crippen molar-refractivity contribution in [2.75, 3.05) is 13.2 Å². The van der Waals surface area contributed by atoms with E-state index in [2.05, 4.69) is 24.9 Å². The van der Waals surface area contributed by atoms with Gasteiger partial charge in [-0.1, -0.05) is 0 Å². The first-order valence-corrected chi connectivity index (χ1v) is 5.69. The first kappa shape index (κ1) is 11.9. The molecule has 2 atom stereocenters. The summed E-state index contributed by atoms with van der Waals surface area (Å²) < 4.78 is 5.27. The fraction of sp³-hybridized carbons (Fsp3) is 0.900. The Balaban J connectivity index is 2.32. The van der Waals surface area contributed by atoms with Crippen molar-refractivity contribution in [3.8, 4) is 0 Å². The smallest absolute Gasteiger partial charge is 0.232 e. The zero-order valence-electron chi connectivity index (χ0n) is 8.82. The predicted octanol–water partition coefficient (Wildman–Crippen LogP) is 1.24. The molecule has 4 heteroatoms. The van der Waals surface area contributed by atoms with Crippen molar-refractivity contribution in [3.63, 3.8) is 0 Å². The Morgan fingerprint density at radius 2 is 2.00 bits per heavy atom. The molecule has 14 heavy (non-hydrogen) atoms. The molecule has 0 bridgehead atoms.